The molecule has 0 saturated carbocycles. The van der Waals surface area contributed by atoms with Crippen LogP contribution in [-0.2, 0) is 0 Å². The highest BCUT2D eigenvalue weighted by molar-refractivity contribution is 7.14. The van der Waals surface area contributed by atoms with Crippen LogP contribution in [0, 0.1) is 0 Å². The van der Waals surface area contributed by atoms with Gasteiger partial charge in [0.2, 0.25) is 0 Å². The molecule has 108 valence electrons. The lowest BCUT2D eigenvalue weighted by molar-refractivity contribution is 0.564. The fourth-order valence-corrected chi connectivity index (χ4v) is 2.86. The van der Waals surface area contributed by atoms with Gasteiger partial charge in [-0.05, 0) is 31.4 Å². The van der Waals surface area contributed by atoms with Gasteiger partial charge in [-0.1, -0.05) is 56.4 Å². The van der Waals surface area contributed by atoms with Crippen LogP contribution in [-0.4, -0.2) is 16.7 Å². The van der Waals surface area contributed by atoms with Gasteiger partial charge < -0.3 is 5.32 Å². The minimum absolute atomic E-state index is 0.274. The maximum Gasteiger partial charge on any atom is 0.147 e. The summed E-state index contributed by atoms with van der Waals surface area (Å²) >= 11 is 1.67. The first kappa shape index (κ1) is 15.1. The van der Waals surface area contributed by atoms with E-state index in [1.807, 2.05) is 0 Å². The zero-order valence-corrected chi connectivity index (χ0v) is 13.5. The van der Waals surface area contributed by atoms with Crippen molar-refractivity contribution in [3.63, 3.8) is 0 Å². The van der Waals surface area contributed by atoms with Crippen LogP contribution in [0.25, 0.3) is 10.6 Å². The van der Waals surface area contributed by atoms with E-state index in [1.54, 1.807) is 11.3 Å². The molecule has 3 nitrogen and oxygen atoms in total. The lowest BCUT2D eigenvalue weighted by Crippen LogP contribution is -2.18. The van der Waals surface area contributed by atoms with Crippen molar-refractivity contribution in [3.05, 3.63) is 34.8 Å². The summed E-state index contributed by atoms with van der Waals surface area (Å²) in [5, 5.41) is 14.1. The van der Waals surface area contributed by atoms with Gasteiger partial charge in [-0.2, -0.15) is 0 Å². The highest BCUT2D eigenvalue weighted by Gasteiger charge is 2.12. The predicted octanol–water partition coefficient (Wildman–Crippen LogP) is 4.39. The van der Waals surface area contributed by atoms with Crippen LogP contribution in [0.2, 0.25) is 0 Å². The molecule has 4 heteroatoms. The third kappa shape index (κ3) is 3.64. The monoisotopic (exact) mass is 289 g/mol. The van der Waals surface area contributed by atoms with E-state index in [4.69, 9.17) is 0 Å². The van der Waals surface area contributed by atoms with Crippen LogP contribution in [0.4, 0.5) is 0 Å². The number of benzene rings is 1. The van der Waals surface area contributed by atoms with Crippen molar-refractivity contribution < 1.29 is 0 Å². The summed E-state index contributed by atoms with van der Waals surface area (Å²) in [5.74, 6) is 0.562. The quantitative estimate of drug-likeness (QED) is 0.857. The SMILES string of the molecule is CCCNC(C)c1nnc(-c2ccc(C(C)C)cc2)s1. The molecule has 1 heterocycles. The van der Waals surface area contributed by atoms with Crippen LogP contribution in [0.15, 0.2) is 24.3 Å². The first-order valence-corrected chi connectivity index (χ1v) is 8.10. The standard InChI is InChI=1S/C16H23N3S/c1-5-10-17-12(4)15-18-19-16(20-15)14-8-6-13(7-9-14)11(2)3/h6-9,11-12,17H,5,10H2,1-4H3. The molecule has 1 unspecified atom stereocenters. The summed E-state index contributed by atoms with van der Waals surface area (Å²) in [6.45, 7) is 9.74. The Hall–Kier alpha value is -1.26. The van der Waals surface area contributed by atoms with Crippen LogP contribution in [0.5, 0.6) is 0 Å². The van der Waals surface area contributed by atoms with Gasteiger partial charge >= 0.3 is 0 Å². The molecular weight excluding hydrogens is 266 g/mol. The average molecular weight is 289 g/mol. The van der Waals surface area contributed by atoms with Gasteiger partial charge in [0.15, 0.2) is 0 Å². The summed E-state index contributed by atoms with van der Waals surface area (Å²) in [7, 11) is 0. The molecule has 0 fully saturated rings. The Morgan fingerprint density at radius 3 is 2.40 bits per heavy atom. The van der Waals surface area contributed by atoms with Gasteiger partial charge in [0.1, 0.15) is 10.0 Å². The van der Waals surface area contributed by atoms with Gasteiger partial charge in [0.25, 0.3) is 0 Å². The Bertz CT molecular complexity index is 531. The van der Waals surface area contributed by atoms with E-state index in [9.17, 15) is 0 Å². The van der Waals surface area contributed by atoms with Gasteiger partial charge in [-0.15, -0.1) is 10.2 Å². The van der Waals surface area contributed by atoms with Crippen LogP contribution < -0.4 is 5.32 Å². The Morgan fingerprint density at radius 1 is 1.10 bits per heavy atom. The molecule has 2 aromatic rings. The number of hydrogen-bond acceptors (Lipinski definition) is 4. The molecule has 1 N–H and O–H groups in total. The zero-order chi connectivity index (χ0) is 14.5. The molecule has 1 aromatic carbocycles. The van der Waals surface area contributed by atoms with E-state index in [0.29, 0.717) is 5.92 Å². The molecule has 2 rings (SSSR count). The van der Waals surface area contributed by atoms with Crippen molar-refractivity contribution in [2.45, 2.75) is 46.1 Å². The molecule has 0 aliphatic heterocycles. The Morgan fingerprint density at radius 2 is 1.80 bits per heavy atom. The van der Waals surface area contributed by atoms with Crippen molar-refractivity contribution in [1.82, 2.24) is 15.5 Å². The second-order valence-corrected chi connectivity index (χ2v) is 6.41. The lowest BCUT2D eigenvalue weighted by Gasteiger charge is -2.08. The fraction of sp³-hybridized carbons (Fsp3) is 0.500. The van der Waals surface area contributed by atoms with E-state index >= 15 is 0 Å². The smallest absolute Gasteiger partial charge is 0.147 e. The van der Waals surface area contributed by atoms with Gasteiger partial charge in [0, 0.05) is 5.56 Å². The third-order valence-electron chi connectivity index (χ3n) is 3.34. The van der Waals surface area contributed by atoms with Crippen molar-refractivity contribution in [2.75, 3.05) is 6.54 Å². The predicted molar refractivity (Wildman–Crippen MR) is 86.1 cm³/mol. The highest BCUT2D eigenvalue weighted by Crippen LogP contribution is 2.27. The summed E-state index contributed by atoms with van der Waals surface area (Å²) < 4.78 is 0. The summed E-state index contributed by atoms with van der Waals surface area (Å²) in [4.78, 5) is 0. The largest absolute Gasteiger partial charge is 0.308 e. The second-order valence-electron chi connectivity index (χ2n) is 5.40. The molecule has 20 heavy (non-hydrogen) atoms. The van der Waals surface area contributed by atoms with Crippen molar-refractivity contribution in [3.8, 4) is 10.6 Å². The van der Waals surface area contributed by atoms with Gasteiger partial charge in [-0.3, -0.25) is 0 Å². The molecular formula is C16H23N3S. The summed E-state index contributed by atoms with van der Waals surface area (Å²) in [6.07, 6.45) is 1.13. The van der Waals surface area contributed by atoms with Crippen LogP contribution >= 0.6 is 11.3 Å². The first-order chi connectivity index (χ1) is 9.61. The Kier molecular flexibility index (Phi) is 5.26. The molecule has 0 saturated heterocycles. The number of nitrogens with one attached hydrogen (secondary N) is 1. The van der Waals surface area contributed by atoms with E-state index in [1.165, 1.54) is 5.56 Å². The van der Waals surface area contributed by atoms with Crippen molar-refractivity contribution in [2.24, 2.45) is 0 Å². The van der Waals surface area contributed by atoms with E-state index in [-0.39, 0.29) is 6.04 Å². The minimum Gasteiger partial charge on any atom is -0.308 e. The molecule has 0 aliphatic carbocycles. The number of rotatable bonds is 6. The Balaban J connectivity index is 2.11. The molecule has 0 spiro atoms. The number of nitrogens with zero attached hydrogens (tertiary/aromatic N) is 2. The van der Waals surface area contributed by atoms with Crippen LogP contribution in [0.3, 0.4) is 0 Å². The lowest BCUT2D eigenvalue weighted by atomic mass is 10.0. The molecule has 0 amide bonds. The molecule has 0 radical (unpaired) electrons. The number of aromatic nitrogens is 2. The van der Waals surface area contributed by atoms with Crippen molar-refractivity contribution in [1.29, 1.82) is 0 Å². The van der Waals surface area contributed by atoms with Crippen LogP contribution in [0.1, 0.15) is 56.6 Å². The third-order valence-corrected chi connectivity index (χ3v) is 4.49. The summed E-state index contributed by atoms with van der Waals surface area (Å²) in [6, 6.07) is 8.92. The molecule has 0 aliphatic rings. The van der Waals surface area contributed by atoms with E-state index < -0.39 is 0 Å². The maximum absolute atomic E-state index is 4.32. The van der Waals surface area contributed by atoms with E-state index in [0.717, 1.165) is 28.5 Å². The second kappa shape index (κ2) is 6.95. The van der Waals surface area contributed by atoms with Crippen molar-refractivity contribution >= 4 is 11.3 Å². The highest BCUT2D eigenvalue weighted by atomic mass is 32.1. The normalized spacial score (nSPS) is 12.8. The average Bonchev–Trinajstić information content (AvgIpc) is 2.94. The number of hydrogen-bond donors (Lipinski definition) is 1. The zero-order valence-electron chi connectivity index (χ0n) is 12.7. The van der Waals surface area contributed by atoms with E-state index in [2.05, 4.69) is 67.5 Å². The Labute approximate surface area is 125 Å². The topological polar surface area (TPSA) is 37.8 Å². The maximum atomic E-state index is 4.32. The fourth-order valence-electron chi connectivity index (χ4n) is 1.98. The van der Waals surface area contributed by atoms with Gasteiger partial charge in [0.05, 0.1) is 6.04 Å². The summed E-state index contributed by atoms with van der Waals surface area (Å²) in [5.41, 5.74) is 2.51. The van der Waals surface area contributed by atoms with Gasteiger partial charge in [-0.25, -0.2) is 0 Å². The molecule has 1 aromatic heterocycles. The first-order valence-electron chi connectivity index (χ1n) is 7.29. The molecule has 1 atom stereocenters. The molecule has 0 bridgehead atoms. The minimum atomic E-state index is 0.274.